The summed E-state index contributed by atoms with van der Waals surface area (Å²) in [6, 6.07) is 17.2. The summed E-state index contributed by atoms with van der Waals surface area (Å²) in [6.07, 6.45) is 10.6. The lowest BCUT2D eigenvalue weighted by Crippen LogP contribution is -2.46. The second-order valence-electron chi connectivity index (χ2n) is 7.04. The number of para-hydroxylation sites is 2. The van der Waals surface area contributed by atoms with Gasteiger partial charge >= 0.3 is 0 Å². The lowest BCUT2D eigenvalue weighted by molar-refractivity contribution is 0.249. The van der Waals surface area contributed by atoms with Gasteiger partial charge in [-0.05, 0) is 34.9 Å². The van der Waals surface area contributed by atoms with Crippen LogP contribution in [0.4, 0.5) is 5.69 Å². The molecule has 0 saturated carbocycles. The lowest BCUT2D eigenvalue weighted by Gasteiger charge is -2.36. The highest BCUT2D eigenvalue weighted by molar-refractivity contribution is 5.62. The van der Waals surface area contributed by atoms with Gasteiger partial charge in [0.05, 0.1) is 12.8 Å². The van der Waals surface area contributed by atoms with Crippen LogP contribution in [0.5, 0.6) is 5.75 Å². The topological polar surface area (TPSA) is 15.7 Å². The standard InChI is InChI=1S/C24H26N2O/c1-27-24-9-5-4-8-23(24)26-16-14-25(15-17-26)19-22-12-10-21(11-13-22)18-20-6-2-3-7-20/h2-13,18H,14-17,19H2,1H3. The van der Waals surface area contributed by atoms with Crippen molar-refractivity contribution in [3.8, 4) is 5.75 Å². The van der Waals surface area contributed by atoms with Gasteiger partial charge in [-0.25, -0.2) is 0 Å². The summed E-state index contributed by atoms with van der Waals surface area (Å²) >= 11 is 0. The Bertz CT molecular complexity index is 842. The zero-order valence-electron chi connectivity index (χ0n) is 15.8. The van der Waals surface area contributed by atoms with Crippen molar-refractivity contribution >= 4 is 11.8 Å². The molecule has 0 atom stereocenters. The summed E-state index contributed by atoms with van der Waals surface area (Å²) in [6.45, 7) is 5.21. The third kappa shape index (κ3) is 4.32. The van der Waals surface area contributed by atoms with Gasteiger partial charge in [0.15, 0.2) is 0 Å². The van der Waals surface area contributed by atoms with E-state index in [1.165, 1.54) is 22.4 Å². The molecule has 138 valence electrons. The van der Waals surface area contributed by atoms with Crippen LogP contribution in [-0.2, 0) is 6.54 Å². The zero-order valence-corrected chi connectivity index (χ0v) is 15.8. The van der Waals surface area contributed by atoms with E-state index >= 15 is 0 Å². The summed E-state index contributed by atoms with van der Waals surface area (Å²) in [7, 11) is 1.74. The molecule has 4 rings (SSSR count). The number of ether oxygens (including phenoxy) is 1. The van der Waals surface area contributed by atoms with Crippen molar-refractivity contribution in [3.63, 3.8) is 0 Å². The van der Waals surface area contributed by atoms with E-state index in [4.69, 9.17) is 4.74 Å². The van der Waals surface area contributed by atoms with Crippen molar-refractivity contribution in [1.29, 1.82) is 0 Å². The van der Waals surface area contributed by atoms with Crippen LogP contribution in [0, 0.1) is 0 Å². The molecule has 0 radical (unpaired) electrons. The molecule has 27 heavy (non-hydrogen) atoms. The number of nitrogens with zero attached hydrogens (tertiary/aromatic N) is 2. The Morgan fingerprint density at radius 3 is 2.30 bits per heavy atom. The predicted octanol–water partition coefficient (Wildman–Crippen LogP) is 4.53. The summed E-state index contributed by atoms with van der Waals surface area (Å²) < 4.78 is 5.51. The van der Waals surface area contributed by atoms with E-state index in [2.05, 4.69) is 76.6 Å². The number of rotatable bonds is 5. The van der Waals surface area contributed by atoms with Gasteiger partial charge < -0.3 is 9.64 Å². The average molecular weight is 358 g/mol. The Kier molecular flexibility index (Phi) is 5.40. The quantitative estimate of drug-likeness (QED) is 0.781. The molecule has 0 N–H and O–H groups in total. The van der Waals surface area contributed by atoms with E-state index in [1.54, 1.807) is 7.11 Å². The second-order valence-corrected chi connectivity index (χ2v) is 7.04. The fourth-order valence-corrected chi connectivity index (χ4v) is 3.69. The maximum atomic E-state index is 5.51. The van der Waals surface area contributed by atoms with E-state index < -0.39 is 0 Å². The molecule has 3 heteroatoms. The van der Waals surface area contributed by atoms with Crippen LogP contribution >= 0.6 is 0 Å². The minimum Gasteiger partial charge on any atom is -0.495 e. The van der Waals surface area contributed by atoms with E-state index in [9.17, 15) is 0 Å². The second kappa shape index (κ2) is 8.28. The van der Waals surface area contributed by atoms with E-state index in [0.717, 1.165) is 38.5 Å². The first-order valence-electron chi connectivity index (χ1n) is 9.57. The van der Waals surface area contributed by atoms with Crippen LogP contribution in [0.15, 0.2) is 78.4 Å². The number of hydrogen-bond donors (Lipinski definition) is 0. The van der Waals surface area contributed by atoms with Crippen molar-refractivity contribution in [1.82, 2.24) is 4.90 Å². The zero-order chi connectivity index (χ0) is 18.5. The maximum absolute atomic E-state index is 5.51. The highest BCUT2D eigenvalue weighted by Crippen LogP contribution is 2.28. The number of methoxy groups -OCH3 is 1. The highest BCUT2D eigenvalue weighted by atomic mass is 16.5. The minimum absolute atomic E-state index is 0.961. The predicted molar refractivity (Wildman–Crippen MR) is 113 cm³/mol. The number of anilines is 1. The molecule has 0 bridgehead atoms. The fourth-order valence-electron chi connectivity index (χ4n) is 3.69. The van der Waals surface area contributed by atoms with Gasteiger partial charge in [0, 0.05) is 32.7 Å². The molecule has 3 nitrogen and oxygen atoms in total. The van der Waals surface area contributed by atoms with Crippen LogP contribution in [-0.4, -0.2) is 38.2 Å². The molecule has 0 spiro atoms. The van der Waals surface area contributed by atoms with Gasteiger partial charge in [0.2, 0.25) is 0 Å². The van der Waals surface area contributed by atoms with Crippen molar-refractivity contribution < 1.29 is 4.74 Å². The van der Waals surface area contributed by atoms with E-state index in [0.29, 0.717) is 0 Å². The molecule has 1 aliphatic heterocycles. The summed E-state index contributed by atoms with van der Waals surface area (Å²) in [4.78, 5) is 4.95. The first-order valence-corrected chi connectivity index (χ1v) is 9.57. The van der Waals surface area contributed by atoms with Crippen molar-refractivity contribution in [2.75, 3.05) is 38.2 Å². The summed E-state index contributed by atoms with van der Waals surface area (Å²) in [5.74, 6) is 0.961. The normalized spacial score (nSPS) is 16.8. The van der Waals surface area contributed by atoms with Gasteiger partial charge in [0.1, 0.15) is 5.75 Å². The molecular formula is C24H26N2O. The monoisotopic (exact) mass is 358 g/mol. The number of benzene rings is 2. The van der Waals surface area contributed by atoms with Crippen LogP contribution < -0.4 is 9.64 Å². The minimum atomic E-state index is 0.961. The van der Waals surface area contributed by atoms with Gasteiger partial charge in [-0.2, -0.15) is 0 Å². The Morgan fingerprint density at radius 1 is 0.889 bits per heavy atom. The Labute approximate surface area is 161 Å². The van der Waals surface area contributed by atoms with Gasteiger partial charge in [-0.3, -0.25) is 4.90 Å². The molecule has 0 amide bonds. The summed E-state index contributed by atoms with van der Waals surface area (Å²) in [5.41, 5.74) is 5.09. The van der Waals surface area contributed by atoms with Gasteiger partial charge in [-0.15, -0.1) is 0 Å². The lowest BCUT2D eigenvalue weighted by atomic mass is 10.1. The number of piperazine rings is 1. The maximum Gasteiger partial charge on any atom is 0.142 e. The van der Waals surface area contributed by atoms with Gasteiger partial charge in [-0.1, -0.05) is 60.7 Å². The van der Waals surface area contributed by atoms with Crippen LogP contribution in [0.25, 0.3) is 6.08 Å². The highest BCUT2D eigenvalue weighted by Gasteiger charge is 2.19. The molecule has 1 fully saturated rings. The molecule has 1 heterocycles. The van der Waals surface area contributed by atoms with E-state index in [-0.39, 0.29) is 0 Å². The van der Waals surface area contributed by atoms with Crippen molar-refractivity contribution in [2.24, 2.45) is 0 Å². The third-order valence-electron chi connectivity index (χ3n) is 5.21. The number of hydrogen-bond acceptors (Lipinski definition) is 3. The fraction of sp³-hybridized carbons (Fsp3) is 0.250. The molecule has 0 unspecified atom stereocenters. The Balaban J connectivity index is 1.33. The largest absolute Gasteiger partial charge is 0.495 e. The van der Waals surface area contributed by atoms with Crippen molar-refractivity contribution in [3.05, 3.63) is 89.5 Å². The van der Waals surface area contributed by atoms with Crippen molar-refractivity contribution in [2.45, 2.75) is 6.54 Å². The SMILES string of the molecule is COc1ccccc1N1CCN(Cc2ccc(C=C3C=CC=C3)cc2)CC1. The first kappa shape index (κ1) is 17.6. The van der Waals surface area contributed by atoms with Crippen LogP contribution in [0.1, 0.15) is 11.1 Å². The van der Waals surface area contributed by atoms with Gasteiger partial charge in [0.25, 0.3) is 0 Å². The molecule has 2 aliphatic rings. The molecule has 2 aromatic rings. The number of allylic oxidation sites excluding steroid dienone is 5. The molecule has 1 aliphatic carbocycles. The molecule has 2 aromatic carbocycles. The molecule has 0 aromatic heterocycles. The van der Waals surface area contributed by atoms with Crippen LogP contribution in [0.3, 0.4) is 0 Å². The Morgan fingerprint density at radius 2 is 1.59 bits per heavy atom. The summed E-state index contributed by atoms with van der Waals surface area (Å²) in [5, 5.41) is 0. The first-order chi connectivity index (χ1) is 13.3. The van der Waals surface area contributed by atoms with Crippen LogP contribution in [0.2, 0.25) is 0 Å². The Hall–Kier alpha value is -2.78. The molecular weight excluding hydrogens is 332 g/mol. The average Bonchev–Trinajstić information content (AvgIpc) is 3.23. The molecule has 1 saturated heterocycles. The third-order valence-corrected chi connectivity index (χ3v) is 5.21. The smallest absolute Gasteiger partial charge is 0.142 e. The van der Waals surface area contributed by atoms with E-state index in [1.807, 2.05) is 12.1 Å².